The molecule has 0 aliphatic carbocycles. The van der Waals surface area contributed by atoms with E-state index in [1.54, 1.807) is 0 Å². The van der Waals surface area contributed by atoms with Gasteiger partial charge in [0.1, 0.15) is 11.9 Å². The van der Waals surface area contributed by atoms with Gasteiger partial charge < -0.3 is 14.8 Å². The third kappa shape index (κ3) is 3.20. The number of aryl methyl sites for hydroxylation is 1. The average molecular weight is 235 g/mol. The second-order valence-corrected chi connectivity index (χ2v) is 4.55. The number of hydrogen-bond donors (Lipinski definition) is 1. The molecule has 94 valence electrons. The van der Waals surface area contributed by atoms with Gasteiger partial charge in [-0.1, -0.05) is 18.2 Å². The van der Waals surface area contributed by atoms with E-state index in [4.69, 9.17) is 9.47 Å². The van der Waals surface area contributed by atoms with E-state index in [1.165, 1.54) is 11.1 Å². The molecule has 17 heavy (non-hydrogen) atoms. The average Bonchev–Trinajstić information content (AvgIpc) is 2.35. The highest BCUT2D eigenvalue weighted by Gasteiger charge is 2.17. The monoisotopic (exact) mass is 235 g/mol. The van der Waals surface area contributed by atoms with Crippen LogP contribution in [0, 0.1) is 6.92 Å². The van der Waals surface area contributed by atoms with Crippen LogP contribution in [0.15, 0.2) is 18.2 Å². The predicted molar refractivity (Wildman–Crippen MR) is 68.4 cm³/mol. The summed E-state index contributed by atoms with van der Waals surface area (Å²) in [7, 11) is 1.95. The normalized spacial score (nSPS) is 20.2. The largest absolute Gasteiger partial charge is 0.487 e. The molecule has 0 amide bonds. The van der Waals surface area contributed by atoms with Crippen LogP contribution in [-0.2, 0) is 11.3 Å². The molecule has 1 aromatic carbocycles. The van der Waals surface area contributed by atoms with Crippen molar-refractivity contribution in [3.05, 3.63) is 29.3 Å². The Bertz CT molecular complexity index is 359. The first-order valence-corrected chi connectivity index (χ1v) is 6.28. The Hall–Kier alpha value is -1.06. The molecule has 1 N–H and O–H groups in total. The van der Waals surface area contributed by atoms with Crippen LogP contribution in [0.1, 0.15) is 24.0 Å². The van der Waals surface area contributed by atoms with Gasteiger partial charge in [-0.15, -0.1) is 0 Å². The van der Waals surface area contributed by atoms with Crippen LogP contribution in [0.5, 0.6) is 5.75 Å². The summed E-state index contributed by atoms with van der Waals surface area (Å²) >= 11 is 0. The van der Waals surface area contributed by atoms with Crippen molar-refractivity contribution >= 4 is 0 Å². The minimum Gasteiger partial charge on any atom is -0.487 e. The second-order valence-electron chi connectivity index (χ2n) is 4.55. The standard InChI is InChI=1S/C14H21NO2/c1-11-5-3-6-12(9-15-2)14(11)17-13-7-4-8-16-10-13/h3,5-6,13,15H,4,7-10H2,1-2H3. The highest BCUT2D eigenvalue weighted by Crippen LogP contribution is 2.26. The van der Waals surface area contributed by atoms with Gasteiger partial charge in [0.05, 0.1) is 6.61 Å². The first-order chi connectivity index (χ1) is 8.31. The molecule has 2 rings (SSSR count). The van der Waals surface area contributed by atoms with Gasteiger partial charge in [-0.2, -0.15) is 0 Å². The fourth-order valence-electron chi connectivity index (χ4n) is 2.18. The number of benzene rings is 1. The lowest BCUT2D eigenvalue weighted by Gasteiger charge is -2.25. The zero-order valence-corrected chi connectivity index (χ0v) is 10.7. The molecule has 0 bridgehead atoms. The smallest absolute Gasteiger partial charge is 0.127 e. The highest BCUT2D eigenvalue weighted by molar-refractivity contribution is 5.40. The van der Waals surface area contributed by atoms with Crippen molar-refractivity contribution in [2.45, 2.75) is 32.4 Å². The van der Waals surface area contributed by atoms with Crippen molar-refractivity contribution in [2.24, 2.45) is 0 Å². The number of nitrogens with one attached hydrogen (secondary N) is 1. The van der Waals surface area contributed by atoms with Crippen molar-refractivity contribution in [1.29, 1.82) is 0 Å². The molecule has 0 saturated carbocycles. The molecule has 1 saturated heterocycles. The zero-order valence-electron chi connectivity index (χ0n) is 10.7. The maximum absolute atomic E-state index is 6.10. The molecule has 1 atom stereocenters. The Balaban J connectivity index is 2.12. The van der Waals surface area contributed by atoms with Gasteiger partial charge in [0.25, 0.3) is 0 Å². The Labute approximate surface area is 103 Å². The van der Waals surface area contributed by atoms with Crippen molar-refractivity contribution in [3.8, 4) is 5.75 Å². The summed E-state index contributed by atoms with van der Waals surface area (Å²) < 4.78 is 11.6. The maximum Gasteiger partial charge on any atom is 0.127 e. The first kappa shape index (κ1) is 12.4. The third-order valence-electron chi connectivity index (χ3n) is 3.06. The van der Waals surface area contributed by atoms with Crippen molar-refractivity contribution in [2.75, 3.05) is 20.3 Å². The van der Waals surface area contributed by atoms with Crippen LogP contribution in [0.4, 0.5) is 0 Å². The molecule has 0 aromatic heterocycles. The van der Waals surface area contributed by atoms with E-state index in [9.17, 15) is 0 Å². The SMILES string of the molecule is CNCc1cccc(C)c1OC1CCCOC1. The van der Waals surface area contributed by atoms with Crippen LogP contribution >= 0.6 is 0 Å². The second kappa shape index (κ2) is 6.03. The van der Waals surface area contributed by atoms with Gasteiger partial charge in [0.2, 0.25) is 0 Å². The molecule has 1 fully saturated rings. The van der Waals surface area contributed by atoms with E-state index < -0.39 is 0 Å². The molecule has 1 aromatic rings. The summed E-state index contributed by atoms with van der Waals surface area (Å²) in [5.74, 6) is 1.03. The van der Waals surface area contributed by atoms with Crippen LogP contribution < -0.4 is 10.1 Å². The van der Waals surface area contributed by atoms with Crippen LogP contribution in [0.3, 0.4) is 0 Å². The summed E-state index contributed by atoms with van der Waals surface area (Å²) in [5.41, 5.74) is 2.42. The molecule has 3 nitrogen and oxygen atoms in total. The molecule has 1 aliphatic rings. The maximum atomic E-state index is 6.10. The van der Waals surface area contributed by atoms with Gasteiger partial charge in [-0.05, 0) is 32.4 Å². The molecule has 1 unspecified atom stereocenters. The minimum atomic E-state index is 0.209. The predicted octanol–water partition coefficient (Wildman–Crippen LogP) is 2.27. The third-order valence-corrected chi connectivity index (χ3v) is 3.06. The zero-order chi connectivity index (χ0) is 12.1. The Morgan fingerprint density at radius 3 is 3.06 bits per heavy atom. The number of hydrogen-bond acceptors (Lipinski definition) is 3. The summed E-state index contributed by atoms with van der Waals surface area (Å²) in [6.07, 6.45) is 2.39. The lowest BCUT2D eigenvalue weighted by atomic mass is 10.1. The van der Waals surface area contributed by atoms with E-state index >= 15 is 0 Å². The molecular formula is C14H21NO2. The van der Waals surface area contributed by atoms with Gasteiger partial charge in [0.15, 0.2) is 0 Å². The molecule has 0 spiro atoms. The lowest BCUT2D eigenvalue weighted by molar-refractivity contribution is 0.00673. The molecule has 1 heterocycles. The van der Waals surface area contributed by atoms with Gasteiger partial charge in [-0.3, -0.25) is 0 Å². The summed E-state index contributed by atoms with van der Waals surface area (Å²) in [4.78, 5) is 0. The van der Waals surface area contributed by atoms with Crippen LogP contribution in [0.25, 0.3) is 0 Å². The number of para-hydroxylation sites is 1. The van der Waals surface area contributed by atoms with E-state index in [-0.39, 0.29) is 6.10 Å². The fraction of sp³-hybridized carbons (Fsp3) is 0.571. The minimum absolute atomic E-state index is 0.209. The molecule has 1 aliphatic heterocycles. The van der Waals surface area contributed by atoms with E-state index in [2.05, 4.69) is 30.4 Å². The first-order valence-electron chi connectivity index (χ1n) is 6.28. The Morgan fingerprint density at radius 2 is 2.35 bits per heavy atom. The van der Waals surface area contributed by atoms with Gasteiger partial charge >= 0.3 is 0 Å². The number of rotatable bonds is 4. The molecule has 0 radical (unpaired) electrons. The van der Waals surface area contributed by atoms with E-state index in [0.29, 0.717) is 6.61 Å². The quantitative estimate of drug-likeness (QED) is 0.868. The van der Waals surface area contributed by atoms with E-state index in [1.807, 2.05) is 7.05 Å². The summed E-state index contributed by atoms with van der Waals surface area (Å²) in [6.45, 7) is 4.52. The fourth-order valence-corrected chi connectivity index (χ4v) is 2.18. The lowest BCUT2D eigenvalue weighted by Crippen LogP contribution is -2.28. The topological polar surface area (TPSA) is 30.5 Å². The highest BCUT2D eigenvalue weighted by atomic mass is 16.5. The molecular weight excluding hydrogens is 214 g/mol. The van der Waals surface area contributed by atoms with Crippen molar-refractivity contribution in [3.63, 3.8) is 0 Å². The van der Waals surface area contributed by atoms with Gasteiger partial charge in [-0.25, -0.2) is 0 Å². The van der Waals surface area contributed by atoms with Crippen LogP contribution in [0.2, 0.25) is 0 Å². The van der Waals surface area contributed by atoms with Crippen molar-refractivity contribution < 1.29 is 9.47 Å². The Kier molecular flexibility index (Phi) is 4.40. The number of ether oxygens (including phenoxy) is 2. The summed E-state index contributed by atoms with van der Waals surface area (Å²) in [5, 5.41) is 3.18. The molecule has 3 heteroatoms. The summed E-state index contributed by atoms with van der Waals surface area (Å²) in [6, 6.07) is 6.28. The van der Waals surface area contributed by atoms with Crippen LogP contribution in [-0.4, -0.2) is 26.4 Å². The van der Waals surface area contributed by atoms with Gasteiger partial charge in [0, 0.05) is 18.7 Å². The van der Waals surface area contributed by atoms with Crippen molar-refractivity contribution in [1.82, 2.24) is 5.32 Å². The Morgan fingerprint density at radius 1 is 1.47 bits per heavy atom. The van der Waals surface area contributed by atoms with E-state index in [0.717, 1.165) is 31.7 Å².